The van der Waals surface area contributed by atoms with E-state index in [1.807, 2.05) is 10.8 Å². The van der Waals surface area contributed by atoms with Gasteiger partial charge in [-0.05, 0) is 57.9 Å². The predicted octanol–water partition coefficient (Wildman–Crippen LogP) is 11.6. The molecule has 0 bridgehead atoms. The van der Waals surface area contributed by atoms with Crippen LogP contribution in [0, 0.1) is 0 Å². The van der Waals surface area contributed by atoms with Crippen molar-refractivity contribution in [3.8, 4) is 0 Å². The van der Waals surface area contributed by atoms with Gasteiger partial charge in [0.15, 0.2) is 0 Å². The van der Waals surface area contributed by atoms with Crippen LogP contribution in [-0.4, -0.2) is 82.9 Å². The van der Waals surface area contributed by atoms with Crippen LogP contribution in [0.5, 0.6) is 0 Å². The SMILES string of the molecule is CCCCCCCCCCCOC(=O)CCCCCN1CC(OC(=O)CCn2ccnc2)C[C@H]1C(=O)OCCCCCCCC(=O)OC(CCCC)CCCCCCCC. The summed E-state index contributed by atoms with van der Waals surface area (Å²) in [4.78, 5) is 57.0. The van der Waals surface area contributed by atoms with Crippen LogP contribution in [0.1, 0.15) is 220 Å². The van der Waals surface area contributed by atoms with E-state index < -0.39 is 6.04 Å². The maximum absolute atomic E-state index is 13.3. The summed E-state index contributed by atoms with van der Waals surface area (Å²) >= 11 is 0. The molecule has 0 amide bonds. The number of ether oxygens (including phenoxy) is 4. The number of hydrogen-bond donors (Lipinski definition) is 0. The third-order valence-electron chi connectivity index (χ3n) is 11.7. The fourth-order valence-electron chi connectivity index (χ4n) is 8.02. The van der Waals surface area contributed by atoms with Crippen molar-refractivity contribution in [3.05, 3.63) is 18.7 Å². The lowest BCUT2D eigenvalue weighted by Crippen LogP contribution is -2.38. The van der Waals surface area contributed by atoms with Gasteiger partial charge in [0.05, 0.1) is 26.0 Å². The van der Waals surface area contributed by atoms with E-state index >= 15 is 0 Å². The second kappa shape index (κ2) is 36.7. The molecule has 2 rings (SSSR count). The standard InChI is InChI=1S/C49H87N3O8/c1-4-7-10-12-14-15-16-20-27-38-57-46(53)31-25-22-26-35-52-41-44(60-48(55)33-36-51-37-34-50-42-51)40-45(52)49(56)58-39-28-21-17-19-24-32-47(54)59-43(29-9-6-3)30-23-18-13-11-8-5-2/h34,37,42-45H,4-33,35-36,38-41H2,1-3H3/t43?,44?,45-/m0/s1. The Morgan fingerprint density at radius 1 is 0.583 bits per heavy atom. The second-order valence-corrected chi connectivity index (χ2v) is 17.3. The molecule has 1 fully saturated rings. The van der Waals surface area contributed by atoms with E-state index in [0.29, 0.717) is 52.1 Å². The van der Waals surface area contributed by atoms with Crippen LogP contribution in [-0.2, 0) is 44.7 Å². The number of aryl methyl sites for hydroxylation is 1. The normalized spacial score (nSPS) is 15.8. The van der Waals surface area contributed by atoms with Gasteiger partial charge in [0.1, 0.15) is 18.2 Å². The molecular formula is C49H87N3O8. The zero-order valence-corrected chi connectivity index (χ0v) is 38.5. The van der Waals surface area contributed by atoms with Crippen molar-refractivity contribution < 1.29 is 38.1 Å². The highest BCUT2D eigenvalue weighted by Gasteiger charge is 2.39. The van der Waals surface area contributed by atoms with E-state index in [0.717, 1.165) is 96.3 Å². The molecule has 3 atom stereocenters. The van der Waals surface area contributed by atoms with Crippen molar-refractivity contribution in [2.24, 2.45) is 0 Å². The summed E-state index contributed by atoms with van der Waals surface area (Å²) in [7, 11) is 0. The Kier molecular flexibility index (Phi) is 32.5. The van der Waals surface area contributed by atoms with Crippen molar-refractivity contribution in [2.75, 3.05) is 26.3 Å². The van der Waals surface area contributed by atoms with Crippen LogP contribution in [0.2, 0.25) is 0 Å². The van der Waals surface area contributed by atoms with Gasteiger partial charge in [-0.15, -0.1) is 0 Å². The largest absolute Gasteiger partial charge is 0.466 e. The number of likely N-dealkylation sites (tertiary alicyclic amines) is 1. The quantitative estimate of drug-likeness (QED) is 0.0358. The highest BCUT2D eigenvalue weighted by Crippen LogP contribution is 2.24. The summed E-state index contributed by atoms with van der Waals surface area (Å²) in [6.45, 7) is 9.15. The predicted molar refractivity (Wildman–Crippen MR) is 239 cm³/mol. The van der Waals surface area contributed by atoms with Gasteiger partial charge >= 0.3 is 23.9 Å². The number of imidazole rings is 1. The molecule has 0 N–H and O–H groups in total. The average Bonchev–Trinajstić information content (AvgIpc) is 3.92. The first-order chi connectivity index (χ1) is 29.4. The lowest BCUT2D eigenvalue weighted by molar-refractivity contribution is -0.151. The van der Waals surface area contributed by atoms with Crippen molar-refractivity contribution in [1.82, 2.24) is 14.5 Å². The van der Waals surface area contributed by atoms with Crippen molar-refractivity contribution in [1.29, 1.82) is 0 Å². The monoisotopic (exact) mass is 846 g/mol. The molecule has 2 unspecified atom stereocenters. The number of esters is 4. The number of carbonyl (C=O) groups excluding carboxylic acids is 4. The summed E-state index contributed by atoms with van der Waals surface area (Å²) in [6.07, 6.45) is 35.9. The van der Waals surface area contributed by atoms with Crippen LogP contribution < -0.4 is 0 Å². The topological polar surface area (TPSA) is 126 Å². The first-order valence-corrected chi connectivity index (χ1v) is 24.8. The number of hydrogen-bond acceptors (Lipinski definition) is 10. The molecule has 0 aliphatic carbocycles. The molecular weight excluding hydrogens is 759 g/mol. The van der Waals surface area contributed by atoms with Crippen LogP contribution in [0.25, 0.3) is 0 Å². The van der Waals surface area contributed by atoms with E-state index in [9.17, 15) is 19.2 Å². The molecule has 1 aromatic heterocycles. The highest BCUT2D eigenvalue weighted by molar-refractivity contribution is 5.76. The fraction of sp³-hybridized carbons (Fsp3) is 0.857. The number of rotatable bonds is 40. The van der Waals surface area contributed by atoms with E-state index in [4.69, 9.17) is 18.9 Å². The van der Waals surface area contributed by atoms with Crippen LogP contribution in [0.15, 0.2) is 18.7 Å². The Morgan fingerprint density at radius 2 is 1.13 bits per heavy atom. The molecule has 0 radical (unpaired) electrons. The second-order valence-electron chi connectivity index (χ2n) is 17.3. The molecule has 0 aromatic carbocycles. The third kappa shape index (κ3) is 27.8. The molecule has 0 saturated carbocycles. The Bertz CT molecular complexity index is 1210. The average molecular weight is 846 g/mol. The van der Waals surface area contributed by atoms with E-state index in [2.05, 4.69) is 30.7 Å². The molecule has 1 aromatic rings. The third-order valence-corrected chi connectivity index (χ3v) is 11.7. The molecule has 1 saturated heterocycles. The zero-order chi connectivity index (χ0) is 43.3. The maximum Gasteiger partial charge on any atom is 0.323 e. The molecule has 346 valence electrons. The van der Waals surface area contributed by atoms with Gasteiger partial charge in [0, 0.05) is 44.7 Å². The van der Waals surface area contributed by atoms with Crippen molar-refractivity contribution in [3.63, 3.8) is 0 Å². The number of aromatic nitrogens is 2. The van der Waals surface area contributed by atoms with Gasteiger partial charge in [-0.2, -0.15) is 0 Å². The molecule has 11 nitrogen and oxygen atoms in total. The van der Waals surface area contributed by atoms with Crippen LogP contribution >= 0.6 is 0 Å². The Labute approximate surface area is 365 Å². The lowest BCUT2D eigenvalue weighted by atomic mass is 10.0. The van der Waals surface area contributed by atoms with Crippen molar-refractivity contribution >= 4 is 23.9 Å². The van der Waals surface area contributed by atoms with Gasteiger partial charge in [0.2, 0.25) is 0 Å². The number of unbranched alkanes of at least 4 members (excludes halogenated alkanes) is 20. The van der Waals surface area contributed by atoms with Crippen molar-refractivity contribution in [2.45, 2.75) is 245 Å². The summed E-state index contributed by atoms with van der Waals surface area (Å²) in [5.74, 6) is -0.761. The van der Waals surface area contributed by atoms with Gasteiger partial charge in [0.25, 0.3) is 0 Å². The van der Waals surface area contributed by atoms with E-state index in [1.165, 1.54) is 77.0 Å². The first kappa shape index (κ1) is 53.2. The molecule has 1 aliphatic rings. The molecule has 0 spiro atoms. The fourth-order valence-corrected chi connectivity index (χ4v) is 8.02. The van der Waals surface area contributed by atoms with Gasteiger partial charge in [-0.25, -0.2) is 4.98 Å². The molecule has 11 heteroatoms. The highest BCUT2D eigenvalue weighted by atomic mass is 16.6. The zero-order valence-electron chi connectivity index (χ0n) is 38.5. The van der Waals surface area contributed by atoms with Gasteiger partial charge in [-0.1, -0.05) is 143 Å². The van der Waals surface area contributed by atoms with E-state index in [1.54, 1.807) is 12.5 Å². The Morgan fingerprint density at radius 3 is 1.77 bits per heavy atom. The minimum Gasteiger partial charge on any atom is -0.466 e. The molecule has 1 aliphatic heterocycles. The van der Waals surface area contributed by atoms with E-state index in [-0.39, 0.29) is 42.5 Å². The maximum atomic E-state index is 13.3. The summed E-state index contributed by atoms with van der Waals surface area (Å²) in [5, 5.41) is 0. The van der Waals surface area contributed by atoms with Gasteiger partial charge < -0.3 is 23.5 Å². The lowest BCUT2D eigenvalue weighted by Gasteiger charge is -2.22. The minimum atomic E-state index is -0.467. The Hall–Kier alpha value is -2.95. The smallest absolute Gasteiger partial charge is 0.323 e. The van der Waals surface area contributed by atoms with Crippen LogP contribution in [0.3, 0.4) is 0 Å². The number of nitrogens with zero attached hydrogens (tertiary/aromatic N) is 3. The summed E-state index contributed by atoms with van der Waals surface area (Å²) < 4.78 is 24.8. The van der Waals surface area contributed by atoms with Gasteiger partial charge in [-0.3, -0.25) is 24.1 Å². The number of carbonyl (C=O) groups is 4. The Balaban J connectivity index is 1.66. The summed E-state index contributed by atoms with van der Waals surface area (Å²) in [6, 6.07) is -0.467. The first-order valence-electron chi connectivity index (χ1n) is 24.8. The minimum absolute atomic E-state index is 0.0546. The van der Waals surface area contributed by atoms with Crippen LogP contribution in [0.4, 0.5) is 0 Å². The molecule has 60 heavy (non-hydrogen) atoms. The summed E-state index contributed by atoms with van der Waals surface area (Å²) in [5.41, 5.74) is 0. The molecule has 2 heterocycles.